The molecule has 0 radical (unpaired) electrons. The van der Waals surface area contributed by atoms with Crippen LogP contribution in [0.2, 0.25) is 0 Å². The Kier molecular flexibility index (Phi) is 11.9. The van der Waals surface area contributed by atoms with Crippen LogP contribution in [0.15, 0.2) is 48.5 Å². The fraction of sp³-hybridized carbons (Fsp3) is 0.552. The van der Waals surface area contributed by atoms with Gasteiger partial charge in [0.05, 0.1) is 20.0 Å². The van der Waals surface area contributed by atoms with Crippen molar-refractivity contribution in [3.05, 3.63) is 59.7 Å². The third-order valence-corrected chi connectivity index (χ3v) is 7.88. The topological polar surface area (TPSA) is 82.1 Å². The third-order valence-electron chi connectivity index (χ3n) is 6.03. The minimum absolute atomic E-state index is 0.0791. The van der Waals surface area contributed by atoms with Crippen molar-refractivity contribution in [3.63, 3.8) is 0 Å². The van der Waals surface area contributed by atoms with Gasteiger partial charge >= 0.3 is 5.97 Å². The number of ether oxygens (including phenoxy) is 3. The first-order valence-electron chi connectivity index (χ1n) is 12.9. The first kappa shape index (κ1) is 30.6. The normalized spacial score (nSPS) is 12.8. The monoisotopic (exact) mass is 533 g/mol. The zero-order valence-corrected chi connectivity index (χ0v) is 24.0. The van der Waals surface area contributed by atoms with Gasteiger partial charge in [0, 0.05) is 19.5 Å². The minimum Gasteiger partial charge on any atom is -0.497 e. The van der Waals surface area contributed by atoms with E-state index in [1.165, 1.54) is 0 Å². The molecule has 0 aliphatic rings. The van der Waals surface area contributed by atoms with Crippen LogP contribution in [0.25, 0.3) is 0 Å². The van der Waals surface area contributed by atoms with Crippen molar-refractivity contribution in [1.82, 2.24) is 4.31 Å². The Morgan fingerprint density at radius 1 is 0.838 bits per heavy atom. The van der Waals surface area contributed by atoms with E-state index in [9.17, 15) is 13.2 Å². The fourth-order valence-corrected chi connectivity index (χ4v) is 5.48. The molecule has 0 N–H and O–H groups in total. The summed E-state index contributed by atoms with van der Waals surface area (Å²) in [4.78, 5) is 11.9. The maximum absolute atomic E-state index is 13.4. The first-order chi connectivity index (χ1) is 17.4. The van der Waals surface area contributed by atoms with E-state index >= 15 is 0 Å². The van der Waals surface area contributed by atoms with Crippen molar-refractivity contribution >= 4 is 16.0 Å². The molecule has 1 atom stereocenters. The molecule has 0 saturated heterocycles. The molecule has 2 rings (SSSR count). The highest BCUT2D eigenvalue weighted by atomic mass is 32.2. The molecule has 0 spiro atoms. The number of carbonyl (C=O) groups is 1. The van der Waals surface area contributed by atoms with Crippen molar-refractivity contribution in [2.24, 2.45) is 5.92 Å². The Morgan fingerprint density at radius 3 is 1.73 bits per heavy atom. The summed E-state index contributed by atoms with van der Waals surface area (Å²) in [6.07, 6.45) is 3.34. The van der Waals surface area contributed by atoms with Gasteiger partial charge in [-0.3, -0.25) is 4.79 Å². The number of benzene rings is 2. The molecule has 8 heteroatoms. The van der Waals surface area contributed by atoms with E-state index < -0.39 is 15.6 Å². The molecule has 0 aliphatic heterocycles. The summed E-state index contributed by atoms with van der Waals surface area (Å²) in [6, 6.07) is 14.9. The van der Waals surface area contributed by atoms with Crippen LogP contribution in [-0.4, -0.2) is 44.3 Å². The molecule has 206 valence electrons. The van der Waals surface area contributed by atoms with Crippen LogP contribution in [0.1, 0.15) is 70.9 Å². The van der Waals surface area contributed by atoms with Crippen LogP contribution in [0.4, 0.5) is 0 Å². The zero-order chi connectivity index (χ0) is 27.5. The predicted molar refractivity (Wildman–Crippen MR) is 147 cm³/mol. The van der Waals surface area contributed by atoms with Crippen LogP contribution < -0.4 is 9.47 Å². The number of nitrogens with zero attached hydrogens (tertiary/aromatic N) is 1. The molecule has 0 fully saturated rings. The van der Waals surface area contributed by atoms with Crippen LogP contribution in [0, 0.1) is 5.92 Å². The number of esters is 1. The molecule has 0 bridgehead atoms. The van der Waals surface area contributed by atoms with Crippen molar-refractivity contribution in [2.45, 2.75) is 78.5 Å². The Morgan fingerprint density at radius 2 is 1.30 bits per heavy atom. The summed E-state index contributed by atoms with van der Waals surface area (Å²) in [7, 11) is -0.293. The fourth-order valence-electron chi connectivity index (χ4n) is 4.00. The van der Waals surface area contributed by atoms with E-state index in [1.807, 2.05) is 69.3 Å². The van der Waals surface area contributed by atoms with Crippen molar-refractivity contribution in [3.8, 4) is 11.5 Å². The third kappa shape index (κ3) is 11.6. The van der Waals surface area contributed by atoms with Gasteiger partial charge in [-0.1, -0.05) is 37.6 Å². The molecule has 0 unspecified atom stereocenters. The van der Waals surface area contributed by atoms with Gasteiger partial charge in [0.2, 0.25) is 10.0 Å². The summed E-state index contributed by atoms with van der Waals surface area (Å²) < 4.78 is 44.2. The average molecular weight is 534 g/mol. The Balaban J connectivity index is 1.96. The predicted octanol–water partition coefficient (Wildman–Crippen LogP) is 5.96. The van der Waals surface area contributed by atoms with Gasteiger partial charge in [0.1, 0.15) is 17.1 Å². The number of hydrogen-bond donors (Lipinski definition) is 0. The lowest BCUT2D eigenvalue weighted by molar-refractivity contribution is -0.154. The first-order valence-corrected chi connectivity index (χ1v) is 14.5. The molecule has 2 aromatic carbocycles. The van der Waals surface area contributed by atoms with Gasteiger partial charge in [0.25, 0.3) is 0 Å². The molecule has 0 heterocycles. The number of methoxy groups -OCH3 is 2. The van der Waals surface area contributed by atoms with E-state index in [1.54, 1.807) is 18.5 Å². The summed E-state index contributed by atoms with van der Waals surface area (Å²) in [5, 5.41) is 0. The molecular formula is C29H43NO6S. The highest BCUT2D eigenvalue weighted by Crippen LogP contribution is 2.22. The molecule has 37 heavy (non-hydrogen) atoms. The largest absolute Gasteiger partial charge is 0.497 e. The van der Waals surface area contributed by atoms with E-state index in [2.05, 4.69) is 6.92 Å². The van der Waals surface area contributed by atoms with Gasteiger partial charge in [-0.15, -0.1) is 0 Å². The van der Waals surface area contributed by atoms with Crippen LogP contribution in [0.3, 0.4) is 0 Å². The van der Waals surface area contributed by atoms with Gasteiger partial charge in [0.15, 0.2) is 0 Å². The van der Waals surface area contributed by atoms with E-state index in [-0.39, 0.29) is 24.8 Å². The number of hydrogen-bond acceptors (Lipinski definition) is 6. The zero-order valence-electron chi connectivity index (χ0n) is 23.2. The van der Waals surface area contributed by atoms with E-state index in [0.29, 0.717) is 18.8 Å². The maximum Gasteiger partial charge on any atom is 0.306 e. The second-order valence-corrected chi connectivity index (χ2v) is 12.6. The quantitative estimate of drug-likeness (QED) is 0.263. The molecule has 0 saturated carbocycles. The molecule has 0 amide bonds. The van der Waals surface area contributed by atoms with Crippen molar-refractivity contribution in [2.75, 3.05) is 20.0 Å². The highest BCUT2D eigenvalue weighted by molar-refractivity contribution is 7.89. The van der Waals surface area contributed by atoms with Crippen molar-refractivity contribution < 1.29 is 27.4 Å². The van der Waals surface area contributed by atoms with Gasteiger partial charge in [-0.25, -0.2) is 8.42 Å². The summed E-state index contributed by atoms with van der Waals surface area (Å²) >= 11 is 0. The number of sulfonamides is 1. The Bertz CT molecular complexity index is 1010. The SMILES string of the molecule is COc1ccc(CN(Cc2ccc(OC)cc2)S(=O)(=O)CCC[C@H](C)CCCC(=O)OC(C)(C)C)cc1. The average Bonchev–Trinajstić information content (AvgIpc) is 2.83. The molecule has 7 nitrogen and oxygen atoms in total. The van der Waals surface area contributed by atoms with Gasteiger partial charge < -0.3 is 14.2 Å². The second-order valence-electron chi connectivity index (χ2n) is 10.5. The smallest absolute Gasteiger partial charge is 0.306 e. The van der Waals surface area contributed by atoms with Crippen LogP contribution >= 0.6 is 0 Å². The number of rotatable bonds is 15. The van der Waals surface area contributed by atoms with Gasteiger partial charge in [-0.2, -0.15) is 4.31 Å². The molecule has 0 aromatic heterocycles. The van der Waals surface area contributed by atoms with E-state index in [0.717, 1.165) is 41.9 Å². The van der Waals surface area contributed by atoms with Crippen LogP contribution in [-0.2, 0) is 32.6 Å². The summed E-state index contributed by atoms with van der Waals surface area (Å²) in [5.74, 6) is 1.68. The maximum atomic E-state index is 13.4. The number of carbonyl (C=O) groups excluding carboxylic acids is 1. The lowest BCUT2D eigenvalue weighted by Gasteiger charge is -2.23. The second kappa shape index (κ2) is 14.4. The summed E-state index contributed by atoms with van der Waals surface area (Å²) in [5.41, 5.74) is 1.32. The van der Waals surface area contributed by atoms with E-state index in [4.69, 9.17) is 14.2 Å². The highest BCUT2D eigenvalue weighted by Gasteiger charge is 2.23. The standard InChI is InChI=1S/C29H43NO6S/c1-23(9-7-11-28(31)36-29(2,3)4)10-8-20-37(32,33)30(21-24-12-16-26(34-5)17-13-24)22-25-14-18-27(35-6)19-15-25/h12-19,23H,7-11,20-22H2,1-6H3/t23-/m1/s1. The van der Waals surface area contributed by atoms with Gasteiger partial charge in [-0.05, 0) is 81.3 Å². The van der Waals surface area contributed by atoms with Crippen molar-refractivity contribution in [1.29, 1.82) is 0 Å². The summed E-state index contributed by atoms with van der Waals surface area (Å²) in [6.45, 7) is 8.25. The van der Waals surface area contributed by atoms with Crippen LogP contribution in [0.5, 0.6) is 11.5 Å². The lowest BCUT2D eigenvalue weighted by atomic mass is 9.99. The molecule has 2 aromatic rings. The Hall–Kier alpha value is -2.58. The Labute approximate surface area is 223 Å². The minimum atomic E-state index is -3.50. The molecule has 0 aliphatic carbocycles. The molecular weight excluding hydrogens is 490 g/mol. The lowest BCUT2D eigenvalue weighted by Crippen LogP contribution is -2.32.